The zero-order chi connectivity index (χ0) is 45.8. The summed E-state index contributed by atoms with van der Waals surface area (Å²) < 4.78 is 16.7. The molecule has 0 amide bonds. The number of allylic oxidation sites excluding steroid dienone is 12. The zero-order valence-corrected chi connectivity index (χ0v) is 41.3. The monoisotopic (exact) mass is 879 g/mol. The highest BCUT2D eigenvalue weighted by atomic mass is 16.6. The topological polar surface area (TPSA) is 78.9 Å². The molecule has 0 aliphatic carbocycles. The maximum atomic E-state index is 12.8. The lowest BCUT2D eigenvalue weighted by Crippen LogP contribution is -2.30. The summed E-state index contributed by atoms with van der Waals surface area (Å²) in [6.07, 6.45) is 64.8. The molecule has 0 saturated heterocycles. The summed E-state index contributed by atoms with van der Waals surface area (Å²) in [6.45, 7) is 6.42. The molecule has 0 saturated carbocycles. The van der Waals surface area contributed by atoms with Crippen LogP contribution in [0.4, 0.5) is 0 Å². The summed E-state index contributed by atoms with van der Waals surface area (Å²) in [4.78, 5) is 37.9. The molecule has 0 aromatic carbocycles. The molecule has 0 bridgehead atoms. The quantitative estimate of drug-likeness (QED) is 0.0262. The Bertz CT molecular complexity index is 1190. The van der Waals surface area contributed by atoms with Crippen molar-refractivity contribution < 1.29 is 28.6 Å². The minimum absolute atomic E-state index is 0.107. The molecule has 0 radical (unpaired) electrons. The fourth-order valence-electron chi connectivity index (χ4n) is 7.24. The standard InChI is InChI=1S/C57H98O6/c1-4-7-10-13-16-19-22-24-26-28-29-30-32-33-35-38-41-44-47-50-56(59)62-53-54(52-61-55(58)49-46-43-40-37-21-18-15-12-9-6-3)63-57(60)51-48-45-42-39-36-34-31-27-25-23-20-17-14-11-8-5-2/h8,11,15,17-18,20,25,27,34,36,42,45,54H,4-7,9-10,12-14,16,19,21-24,26,28-33,35,37-41,43-44,46-53H2,1-3H3/b11-8-,18-15-,20-17-,27-25-,36-34-,45-42-. The number of hydrogen-bond acceptors (Lipinski definition) is 6. The van der Waals surface area contributed by atoms with Crippen LogP contribution in [0.25, 0.3) is 0 Å². The van der Waals surface area contributed by atoms with Crippen LogP contribution in [0.15, 0.2) is 72.9 Å². The molecular weight excluding hydrogens is 781 g/mol. The Kier molecular flexibility index (Phi) is 48.9. The second kappa shape index (κ2) is 51.5. The van der Waals surface area contributed by atoms with E-state index in [1.54, 1.807) is 0 Å². The number of esters is 3. The number of ether oxygens (including phenoxy) is 3. The van der Waals surface area contributed by atoms with E-state index in [1.165, 1.54) is 116 Å². The van der Waals surface area contributed by atoms with Gasteiger partial charge in [-0.15, -0.1) is 0 Å². The Balaban J connectivity index is 4.40. The van der Waals surface area contributed by atoms with Gasteiger partial charge in [-0.3, -0.25) is 14.4 Å². The van der Waals surface area contributed by atoms with Gasteiger partial charge in [0.25, 0.3) is 0 Å². The van der Waals surface area contributed by atoms with Crippen molar-refractivity contribution in [1.29, 1.82) is 0 Å². The van der Waals surface area contributed by atoms with Crippen LogP contribution in [0.2, 0.25) is 0 Å². The van der Waals surface area contributed by atoms with Crippen molar-refractivity contribution in [2.75, 3.05) is 13.2 Å². The second-order valence-electron chi connectivity index (χ2n) is 17.4. The van der Waals surface area contributed by atoms with E-state index < -0.39 is 12.1 Å². The third-order valence-corrected chi connectivity index (χ3v) is 11.2. The Hall–Kier alpha value is -3.15. The molecule has 362 valence electrons. The summed E-state index contributed by atoms with van der Waals surface area (Å²) in [7, 11) is 0. The SMILES string of the molecule is CC/C=C\C/C=C\C/C=C\C/C=C\C/C=C\CCC(=O)OC(COC(=O)CCCCCC/C=C\CCCC)COC(=O)CCCCCCCCCCCCCCCCCCCCC. The lowest BCUT2D eigenvalue weighted by atomic mass is 10.0. The average molecular weight is 879 g/mol. The highest BCUT2D eigenvalue weighted by Crippen LogP contribution is 2.16. The smallest absolute Gasteiger partial charge is 0.306 e. The molecule has 1 atom stereocenters. The van der Waals surface area contributed by atoms with Crippen LogP contribution in [0.1, 0.15) is 252 Å². The summed E-state index contributed by atoms with van der Waals surface area (Å²) in [5.74, 6) is -1.00. The minimum atomic E-state index is -0.816. The molecule has 0 heterocycles. The Morgan fingerprint density at radius 2 is 0.667 bits per heavy atom. The highest BCUT2D eigenvalue weighted by Gasteiger charge is 2.19. The van der Waals surface area contributed by atoms with Crippen molar-refractivity contribution in [3.63, 3.8) is 0 Å². The molecule has 0 N–H and O–H groups in total. The first kappa shape index (κ1) is 59.9. The van der Waals surface area contributed by atoms with Crippen LogP contribution in [0.3, 0.4) is 0 Å². The highest BCUT2D eigenvalue weighted by molar-refractivity contribution is 5.71. The van der Waals surface area contributed by atoms with Gasteiger partial charge in [0, 0.05) is 19.3 Å². The first-order valence-corrected chi connectivity index (χ1v) is 26.4. The Morgan fingerprint density at radius 3 is 1.08 bits per heavy atom. The van der Waals surface area contributed by atoms with Gasteiger partial charge in [-0.1, -0.05) is 235 Å². The molecule has 1 unspecified atom stereocenters. The van der Waals surface area contributed by atoms with Crippen molar-refractivity contribution in [2.45, 2.75) is 258 Å². The molecule has 63 heavy (non-hydrogen) atoms. The first-order chi connectivity index (χ1) is 31.0. The third-order valence-electron chi connectivity index (χ3n) is 11.2. The van der Waals surface area contributed by atoms with Crippen molar-refractivity contribution in [3.05, 3.63) is 72.9 Å². The largest absolute Gasteiger partial charge is 0.462 e. The average Bonchev–Trinajstić information content (AvgIpc) is 3.28. The van der Waals surface area contributed by atoms with Crippen LogP contribution in [-0.2, 0) is 28.6 Å². The number of hydrogen-bond donors (Lipinski definition) is 0. The Labute approximate surface area is 389 Å². The normalized spacial score (nSPS) is 12.6. The van der Waals surface area contributed by atoms with Crippen LogP contribution in [-0.4, -0.2) is 37.2 Å². The summed E-state index contributed by atoms with van der Waals surface area (Å²) in [6, 6.07) is 0. The van der Waals surface area contributed by atoms with Gasteiger partial charge in [0.1, 0.15) is 13.2 Å². The number of rotatable bonds is 47. The van der Waals surface area contributed by atoms with Gasteiger partial charge in [-0.05, 0) is 70.6 Å². The molecule has 6 nitrogen and oxygen atoms in total. The van der Waals surface area contributed by atoms with Crippen molar-refractivity contribution in [3.8, 4) is 0 Å². The molecule has 0 aromatic rings. The van der Waals surface area contributed by atoms with E-state index in [4.69, 9.17) is 14.2 Å². The fourth-order valence-corrected chi connectivity index (χ4v) is 7.24. The van der Waals surface area contributed by atoms with Crippen molar-refractivity contribution in [2.24, 2.45) is 0 Å². The third kappa shape index (κ3) is 49.7. The fraction of sp³-hybridized carbons (Fsp3) is 0.737. The van der Waals surface area contributed by atoms with Crippen molar-refractivity contribution >= 4 is 17.9 Å². The van der Waals surface area contributed by atoms with E-state index in [1.807, 2.05) is 12.2 Å². The van der Waals surface area contributed by atoms with E-state index in [0.29, 0.717) is 19.3 Å². The molecule has 0 fully saturated rings. The zero-order valence-electron chi connectivity index (χ0n) is 41.3. The lowest BCUT2D eigenvalue weighted by Gasteiger charge is -2.18. The number of carbonyl (C=O) groups is 3. The van der Waals surface area contributed by atoms with E-state index >= 15 is 0 Å². The molecule has 0 aliphatic rings. The van der Waals surface area contributed by atoms with Crippen LogP contribution in [0, 0.1) is 0 Å². The van der Waals surface area contributed by atoms with Gasteiger partial charge >= 0.3 is 17.9 Å². The van der Waals surface area contributed by atoms with Crippen LogP contribution in [0.5, 0.6) is 0 Å². The van der Waals surface area contributed by atoms with Gasteiger partial charge in [0.2, 0.25) is 0 Å². The van der Waals surface area contributed by atoms with E-state index in [2.05, 4.69) is 81.5 Å². The van der Waals surface area contributed by atoms with E-state index in [9.17, 15) is 14.4 Å². The second-order valence-corrected chi connectivity index (χ2v) is 17.4. The summed E-state index contributed by atoms with van der Waals surface area (Å²) in [5, 5.41) is 0. The van der Waals surface area contributed by atoms with Crippen molar-refractivity contribution in [1.82, 2.24) is 0 Å². The number of carbonyl (C=O) groups excluding carboxylic acids is 3. The van der Waals surface area contributed by atoms with E-state index in [0.717, 1.165) is 89.9 Å². The van der Waals surface area contributed by atoms with Gasteiger partial charge < -0.3 is 14.2 Å². The molecule has 0 rings (SSSR count). The minimum Gasteiger partial charge on any atom is -0.462 e. The molecule has 0 spiro atoms. The van der Waals surface area contributed by atoms with Crippen LogP contribution < -0.4 is 0 Å². The first-order valence-electron chi connectivity index (χ1n) is 26.4. The number of unbranched alkanes of at least 4 members (excludes halogenated alkanes) is 24. The van der Waals surface area contributed by atoms with Gasteiger partial charge in [-0.25, -0.2) is 0 Å². The Morgan fingerprint density at radius 1 is 0.333 bits per heavy atom. The summed E-state index contributed by atoms with van der Waals surface area (Å²) >= 11 is 0. The predicted octanol–water partition coefficient (Wildman–Crippen LogP) is 17.4. The molecular formula is C57H98O6. The van der Waals surface area contributed by atoms with E-state index in [-0.39, 0.29) is 31.6 Å². The van der Waals surface area contributed by atoms with Crippen LogP contribution >= 0.6 is 0 Å². The van der Waals surface area contributed by atoms with Gasteiger partial charge in [-0.2, -0.15) is 0 Å². The van der Waals surface area contributed by atoms with Gasteiger partial charge in [0.05, 0.1) is 0 Å². The molecule has 0 aromatic heterocycles. The molecule has 6 heteroatoms. The van der Waals surface area contributed by atoms with Gasteiger partial charge in [0.15, 0.2) is 6.10 Å². The lowest BCUT2D eigenvalue weighted by molar-refractivity contribution is -0.166. The maximum Gasteiger partial charge on any atom is 0.306 e. The molecule has 0 aliphatic heterocycles. The predicted molar refractivity (Wildman–Crippen MR) is 270 cm³/mol. The summed E-state index contributed by atoms with van der Waals surface area (Å²) in [5.41, 5.74) is 0. The maximum absolute atomic E-state index is 12.8.